The third-order valence-corrected chi connectivity index (χ3v) is 11.9. The zero-order valence-electron chi connectivity index (χ0n) is 33.0. The summed E-state index contributed by atoms with van der Waals surface area (Å²) in [6, 6.07) is 8.86. The fourth-order valence-corrected chi connectivity index (χ4v) is 8.51. The average molecular weight is 868 g/mol. The molecule has 322 valence electrons. The van der Waals surface area contributed by atoms with E-state index in [9.17, 15) is 42.6 Å². The molecule has 7 heterocycles. The van der Waals surface area contributed by atoms with Crippen molar-refractivity contribution in [2.24, 2.45) is 13.0 Å². The van der Waals surface area contributed by atoms with Crippen molar-refractivity contribution >= 4 is 52.1 Å². The number of quaternary nitrogens is 1. The summed E-state index contributed by atoms with van der Waals surface area (Å²) in [6.45, 7) is 5.47. The van der Waals surface area contributed by atoms with E-state index < -0.39 is 23.7 Å². The van der Waals surface area contributed by atoms with E-state index in [1.54, 1.807) is 26.8 Å². The predicted octanol–water partition coefficient (Wildman–Crippen LogP) is 2.88. The largest absolute Gasteiger partial charge is 0.477 e. The van der Waals surface area contributed by atoms with Crippen LogP contribution < -0.4 is 10.6 Å². The zero-order chi connectivity index (χ0) is 43.2. The Hall–Kier alpha value is -6.03. The summed E-state index contributed by atoms with van der Waals surface area (Å²) < 4.78 is 45.5. The number of alkyl halides is 3. The number of anilines is 1. The lowest BCUT2D eigenvalue weighted by molar-refractivity contribution is -0.928. The minimum absolute atomic E-state index is 0.0327. The van der Waals surface area contributed by atoms with Crippen molar-refractivity contribution in [3.05, 3.63) is 76.6 Å². The number of aliphatic hydroxyl groups excluding tert-OH is 1. The maximum atomic E-state index is 14.3. The first kappa shape index (κ1) is 41.7. The Morgan fingerprint density at radius 3 is 2.33 bits per heavy atom. The molecule has 1 aromatic carbocycles. The summed E-state index contributed by atoms with van der Waals surface area (Å²) in [4.78, 5) is 68.6. The number of rotatable bonds is 10. The van der Waals surface area contributed by atoms with Crippen LogP contribution in [0.4, 0.5) is 23.7 Å². The van der Waals surface area contributed by atoms with Crippen molar-refractivity contribution in [1.82, 2.24) is 49.3 Å². The van der Waals surface area contributed by atoms with Crippen LogP contribution in [0.15, 0.2) is 48.8 Å². The first-order chi connectivity index (χ1) is 29.1. The molecule has 22 heteroatoms. The molecule has 4 aromatic heterocycles. The molecule has 0 bridgehead atoms. The molecular formula is C39H43ClF3N12O6+. The van der Waals surface area contributed by atoms with E-state index in [2.05, 4.69) is 30.7 Å². The van der Waals surface area contributed by atoms with Gasteiger partial charge in [-0.1, -0.05) is 11.6 Å². The van der Waals surface area contributed by atoms with E-state index in [0.717, 1.165) is 36.7 Å². The number of aliphatic hydroxyl groups is 1. The van der Waals surface area contributed by atoms with E-state index in [0.29, 0.717) is 66.4 Å². The van der Waals surface area contributed by atoms with Crippen LogP contribution in [0, 0.1) is 5.92 Å². The van der Waals surface area contributed by atoms with Crippen LogP contribution in [-0.2, 0) is 24.6 Å². The van der Waals surface area contributed by atoms with Crippen molar-refractivity contribution in [3.63, 3.8) is 0 Å². The maximum absolute atomic E-state index is 14.3. The van der Waals surface area contributed by atoms with Gasteiger partial charge in [-0.3, -0.25) is 9.59 Å². The van der Waals surface area contributed by atoms with Gasteiger partial charge in [-0.2, -0.15) is 18.3 Å². The first-order valence-corrected chi connectivity index (χ1v) is 20.0. The smallest absolute Gasteiger partial charge is 0.435 e. The number of amides is 4. The van der Waals surface area contributed by atoms with Gasteiger partial charge >= 0.3 is 18.2 Å². The van der Waals surface area contributed by atoms with Gasteiger partial charge in [0.25, 0.3) is 11.8 Å². The number of fused-ring (bicyclic) bond motifs is 1. The van der Waals surface area contributed by atoms with Crippen LogP contribution in [0.2, 0.25) is 5.02 Å². The predicted molar refractivity (Wildman–Crippen MR) is 214 cm³/mol. The van der Waals surface area contributed by atoms with Crippen molar-refractivity contribution in [2.45, 2.75) is 12.8 Å². The molecule has 5 aromatic rings. The van der Waals surface area contributed by atoms with Crippen LogP contribution in [-0.4, -0.2) is 161 Å². The Labute approximate surface area is 351 Å². The highest BCUT2D eigenvalue weighted by Crippen LogP contribution is 2.37. The Morgan fingerprint density at radius 1 is 0.984 bits per heavy atom. The van der Waals surface area contributed by atoms with Crippen LogP contribution >= 0.6 is 11.6 Å². The minimum Gasteiger partial charge on any atom is -0.477 e. The number of benzene rings is 1. The normalized spacial score (nSPS) is 17.1. The Morgan fingerprint density at radius 2 is 1.69 bits per heavy atom. The SMILES string of the molecule is Cn1c(-c2cn(-c3ccc4[nH]c(CO)cc4n3)nc2C(F)(F)F)cnc1C(=O)Nc1ccc(C(=O)N2CCN(C(=O)N3CC[N+](CC(=O)O)(CC4CNC4)CC3)CC2)c(Cl)c1. The topological polar surface area (TPSA) is 207 Å². The summed E-state index contributed by atoms with van der Waals surface area (Å²) in [7, 11) is 1.39. The number of aliphatic carboxylic acids is 1. The number of hydrogen-bond donors (Lipinski definition) is 5. The third-order valence-electron chi connectivity index (χ3n) is 11.6. The summed E-state index contributed by atoms with van der Waals surface area (Å²) >= 11 is 6.56. The number of aromatic nitrogens is 6. The Kier molecular flexibility index (Phi) is 11.2. The molecule has 5 N–H and O–H groups in total. The Balaban J connectivity index is 0.888. The van der Waals surface area contributed by atoms with E-state index in [1.165, 1.54) is 35.9 Å². The van der Waals surface area contributed by atoms with Gasteiger partial charge in [0.15, 0.2) is 23.9 Å². The first-order valence-electron chi connectivity index (χ1n) is 19.6. The van der Waals surface area contributed by atoms with Crippen LogP contribution in [0.1, 0.15) is 32.4 Å². The maximum Gasteiger partial charge on any atom is 0.435 e. The van der Waals surface area contributed by atoms with Gasteiger partial charge in [-0.25, -0.2) is 24.2 Å². The highest BCUT2D eigenvalue weighted by atomic mass is 35.5. The van der Waals surface area contributed by atoms with Crippen LogP contribution in [0.5, 0.6) is 0 Å². The molecule has 4 amide bonds. The molecule has 0 atom stereocenters. The second-order valence-corrected chi connectivity index (χ2v) is 16.1. The fraction of sp³-hybridized carbons (Fsp3) is 0.410. The number of nitrogens with zero attached hydrogens (tertiary/aromatic N) is 9. The van der Waals surface area contributed by atoms with Gasteiger partial charge in [-0.05, 0) is 36.4 Å². The molecule has 0 aliphatic carbocycles. The van der Waals surface area contributed by atoms with Crippen molar-refractivity contribution in [2.75, 3.05) is 83.9 Å². The van der Waals surface area contributed by atoms with Crippen molar-refractivity contribution in [1.29, 1.82) is 0 Å². The fourth-order valence-electron chi connectivity index (χ4n) is 8.25. The van der Waals surface area contributed by atoms with Crippen molar-refractivity contribution < 1.29 is 47.0 Å². The summed E-state index contributed by atoms with van der Waals surface area (Å²) in [6.07, 6.45) is -2.58. The number of carbonyl (C=O) groups excluding carboxylic acids is 3. The van der Waals surface area contributed by atoms with E-state index in [-0.39, 0.29) is 77.4 Å². The van der Waals surface area contributed by atoms with E-state index >= 15 is 0 Å². The van der Waals surface area contributed by atoms with Gasteiger partial charge in [0.2, 0.25) is 0 Å². The monoisotopic (exact) mass is 867 g/mol. The standard InChI is InChI=1S/C39H42ClF3N12O6/c1-50-31(27-19-54(49-34(27)39(41,42)43)32-5-4-29-30(48-32)15-25(22-56)46-29)18-45-35(50)36(59)47-24-2-3-26(28(40)14-24)37(60)51-6-8-52(9-7-51)38(61)53-10-12-55(13-11-53,21-33(57)58)20-23-16-44-17-23/h2-5,14-15,18-19,23,44,56H,6-13,16-17,20-22H2,1H3,(H2-,46,47,48,57,58,59,60)/p+1. The summed E-state index contributed by atoms with van der Waals surface area (Å²) in [5, 5.41) is 28.7. The van der Waals surface area contributed by atoms with Crippen LogP contribution in [0.25, 0.3) is 28.1 Å². The molecule has 3 saturated heterocycles. The third kappa shape index (κ3) is 8.50. The number of hydrogen-bond acceptors (Lipinski definition) is 9. The van der Waals surface area contributed by atoms with Crippen LogP contribution in [0.3, 0.4) is 0 Å². The number of carboxylic acid groups (broad SMARTS) is 1. The Bertz CT molecular complexity index is 2500. The number of carbonyl (C=O) groups is 4. The molecule has 3 aliphatic rings. The zero-order valence-corrected chi connectivity index (χ0v) is 33.7. The molecule has 0 saturated carbocycles. The second kappa shape index (κ2) is 16.4. The molecule has 0 radical (unpaired) electrons. The average Bonchev–Trinajstić information content (AvgIpc) is 3.95. The number of halogens is 4. The summed E-state index contributed by atoms with van der Waals surface area (Å²) in [5.41, 5.74) is 0.286. The molecule has 3 aliphatic heterocycles. The molecule has 8 rings (SSSR count). The number of H-pyrrole nitrogens is 1. The molecular weight excluding hydrogens is 825 g/mol. The molecule has 61 heavy (non-hydrogen) atoms. The number of aromatic amines is 1. The quantitative estimate of drug-likeness (QED) is 0.130. The number of piperazine rings is 2. The number of carboxylic acids is 1. The highest BCUT2D eigenvalue weighted by molar-refractivity contribution is 6.34. The molecule has 0 spiro atoms. The molecule has 3 fully saturated rings. The lowest BCUT2D eigenvalue weighted by Gasteiger charge is -2.47. The van der Waals surface area contributed by atoms with E-state index in [1.807, 2.05) is 0 Å². The van der Waals surface area contributed by atoms with E-state index in [4.69, 9.17) is 11.6 Å². The minimum atomic E-state index is -4.86. The molecule has 18 nitrogen and oxygen atoms in total. The van der Waals surface area contributed by atoms with Gasteiger partial charge in [-0.15, -0.1) is 0 Å². The van der Waals surface area contributed by atoms with Crippen molar-refractivity contribution in [3.8, 4) is 17.1 Å². The van der Waals surface area contributed by atoms with Gasteiger partial charge in [0.05, 0.1) is 78.4 Å². The second-order valence-electron chi connectivity index (χ2n) is 15.7. The van der Waals surface area contributed by atoms with Gasteiger partial charge in [0.1, 0.15) is 0 Å². The van der Waals surface area contributed by atoms with Gasteiger partial charge in [0, 0.05) is 69.8 Å². The van der Waals surface area contributed by atoms with Gasteiger partial charge < -0.3 is 49.6 Å². The lowest BCUT2D eigenvalue weighted by Crippen LogP contribution is -2.67. The highest BCUT2D eigenvalue weighted by Gasteiger charge is 2.42. The lowest BCUT2D eigenvalue weighted by atomic mass is 10.0. The number of nitrogens with one attached hydrogen (secondary N) is 3. The number of pyridine rings is 1. The number of imidazole rings is 1. The molecule has 0 unspecified atom stereocenters. The summed E-state index contributed by atoms with van der Waals surface area (Å²) in [5.74, 6) is -1.64. The number of urea groups is 1.